The number of rotatable bonds is 3. The van der Waals surface area contributed by atoms with Crippen LogP contribution in [-0.2, 0) is 0 Å². The topological polar surface area (TPSA) is 71.2 Å². The van der Waals surface area contributed by atoms with E-state index in [0.29, 0.717) is 23.2 Å². The van der Waals surface area contributed by atoms with Gasteiger partial charge in [0.15, 0.2) is 5.15 Å². The Labute approximate surface area is 75.4 Å². The molecular formula is C7H10ClN3O. The highest BCUT2D eigenvalue weighted by molar-refractivity contribution is 6.32. The Hall–Kier alpha value is -1.00. The fourth-order valence-electron chi connectivity index (χ4n) is 0.771. The number of aliphatic hydroxyl groups is 1. The van der Waals surface area contributed by atoms with E-state index in [0.717, 1.165) is 0 Å². The second-order valence-corrected chi connectivity index (χ2v) is 2.58. The average Bonchev–Trinajstić information content (AvgIpc) is 2.03. The van der Waals surface area contributed by atoms with Crippen LogP contribution in [-0.4, -0.2) is 23.2 Å². The zero-order valence-electron chi connectivity index (χ0n) is 6.42. The van der Waals surface area contributed by atoms with Gasteiger partial charge in [0.25, 0.3) is 0 Å². The Morgan fingerprint density at radius 1 is 1.58 bits per heavy atom. The first-order chi connectivity index (χ1) is 5.74. The van der Waals surface area contributed by atoms with Crippen molar-refractivity contribution in [3.63, 3.8) is 0 Å². The first-order valence-electron chi connectivity index (χ1n) is 3.51. The van der Waals surface area contributed by atoms with Gasteiger partial charge in [0.1, 0.15) is 5.82 Å². The van der Waals surface area contributed by atoms with Crippen molar-refractivity contribution in [2.45, 2.75) is 0 Å². The maximum absolute atomic E-state index is 8.52. The average molecular weight is 188 g/mol. The van der Waals surface area contributed by atoms with Crippen LogP contribution in [0.1, 0.15) is 0 Å². The number of nitrogen functional groups attached to an aromatic ring is 1. The predicted octanol–water partition coefficient (Wildman–Crippen LogP) is 0.721. The van der Waals surface area contributed by atoms with Crippen LogP contribution >= 0.6 is 11.6 Å². The molecule has 1 aromatic heterocycles. The third kappa shape index (κ3) is 2.25. The molecule has 1 aromatic rings. The van der Waals surface area contributed by atoms with E-state index in [1.54, 1.807) is 12.1 Å². The third-order valence-electron chi connectivity index (χ3n) is 1.30. The van der Waals surface area contributed by atoms with Crippen LogP contribution in [0.3, 0.4) is 0 Å². The summed E-state index contributed by atoms with van der Waals surface area (Å²) >= 11 is 5.73. The fourth-order valence-corrected chi connectivity index (χ4v) is 0.998. The number of nitrogens with one attached hydrogen (secondary N) is 1. The molecule has 0 saturated heterocycles. The molecule has 1 heterocycles. The summed E-state index contributed by atoms with van der Waals surface area (Å²) < 4.78 is 0. The van der Waals surface area contributed by atoms with Crippen molar-refractivity contribution in [1.82, 2.24) is 4.98 Å². The summed E-state index contributed by atoms with van der Waals surface area (Å²) in [4.78, 5) is 3.83. The Morgan fingerprint density at radius 3 is 2.92 bits per heavy atom. The smallest absolute Gasteiger partial charge is 0.154 e. The Kier molecular flexibility index (Phi) is 3.13. The molecule has 0 aliphatic heterocycles. The van der Waals surface area contributed by atoms with Crippen LogP contribution in [0.2, 0.25) is 5.15 Å². The lowest BCUT2D eigenvalue weighted by molar-refractivity contribution is 0.311. The molecule has 5 heteroatoms. The number of pyridine rings is 1. The lowest BCUT2D eigenvalue weighted by Crippen LogP contribution is -2.06. The van der Waals surface area contributed by atoms with E-state index in [4.69, 9.17) is 22.4 Å². The number of halogens is 1. The van der Waals surface area contributed by atoms with Gasteiger partial charge in [-0.2, -0.15) is 0 Å². The summed E-state index contributed by atoms with van der Waals surface area (Å²) in [5, 5.41) is 11.7. The Balaban J connectivity index is 2.72. The Morgan fingerprint density at radius 2 is 2.33 bits per heavy atom. The summed E-state index contributed by atoms with van der Waals surface area (Å²) in [6, 6.07) is 3.37. The zero-order chi connectivity index (χ0) is 8.97. The molecule has 0 aromatic carbocycles. The van der Waals surface area contributed by atoms with Gasteiger partial charge in [-0.25, -0.2) is 4.98 Å². The monoisotopic (exact) mass is 187 g/mol. The second-order valence-electron chi connectivity index (χ2n) is 2.22. The standard InChI is InChI=1S/C7H10ClN3O/c8-7-5(10-3-4-12)1-2-6(9)11-7/h1-2,10,12H,3-4H2,(H2,9,11). The van der Waals surface area contributed by atoms with Crippen molar-refractivity contribution >= 4 is 23.1 Å². The number of hydrogen-bond donors (Lipinski definition) is 3. The van der Waals surface area contributed by atoms with Crippen molar-refractivity contribution in [3.8, 4) is 0 Å². The summed E-state index contributed by atoms with van der Waals surface area (Å²) in [7, 11) is 0. The molecule has 0 amide bonds. The van der Waals surface area contributed by atoms with Gasteiger partial charge in [-0.05, 0) is 12.1 Å². The first kappa shape index (κ1) is 9.09. The molecule has 4 nitrogen and oxygen atoms in total. The molecule has 0 atom stereocenters. The van der Waals surface area contributed by atoms with E-state index in [1.165, 1.54) is 0 Å². The molecule has 0 radical (unpaired) electrons. The third-order valence-corrected chi connectivity index (χ3v) is 1.59. The van der Waals surface area contributed by atoms with Gasteiger partial charge in [-0.1, -0.05) is 11.6 Å². The fraction of sp³-hybridized carbons (Fsp3) is 0.286. The van der Waals surface area contributed by atoms with Crippen LogP contribution in [0.15, 0.2) is 12.1 Å². The summed E-state index contributed by atoms with van der Waals surface area (Å²) in [6.45, 7) is 0.506. The van der Waals surface area contributed by atoms with E-state index >= 15 is 0 Å². The normalized spacial score (nSPS) is 9.83. The molecule has 0 saturated carbocycles. The van der Waals surface area contributed by atoms with E-state index in [-0.39, 0.29) is 6.61 Å². The highest BCUT2D eigenvalue weighted by Gasteiger charge is 1.99. The van der Waals surface area contributed by atoms with Gasteiger partial charge in [0, 0.05) is 6.54 Å². The van der Waals surface area contributed by atoms with Crippen LogP contribution in [0.25, 0.3) is 0 Å². The quantitative estimate of drug-likeness (QED) is 0.610. The number of aromatic nitrogens is 1. The van der Waals surface area contributed by atoms with Gasteiger partial charge in [0.05, 0.1) is 12.3 Å². The SMILES string of the molecule is Nc1ccc(NCCO)c(Cl)n1. The number of nitrogens with two attached hydrogens (primary N) is 1. The molecule has 1 rings (SSSR count). The molecule has 0 spiro atoms. The highest BCUT2D eigenvalue weighted by atomic mass is 35.5. The van der Waals surface area contributed by atoms with Gasteiger partial charge in [-0.15, -0.1) is 0 Å². The van der Waals surface area contributed by atoms with Gasteiger partial charge in [-0.3, -0.25) is 0 Å². The highest BCUT2D eigenvalue weighted by Crippen LogP contribution is 2.19. The maximum Gasteiger partial charge on any atom is 0.154 e. The first-order valence-corrected chi connectivity index (χ1v) is 3.88. The van der Waals surface area contributed by atoms with Gasteiger partial charge < -0.3 is 16.2 Å². The number of nitrogens with zero attached hydrogens (tertiary/aromatic N) is 1. The predicted molar refractivity (Wildman–Crippen MR) is 49.2 cm³/mol. The van der Waals surface area contributed by atoms with Crippen molar-refractivity contribution in [2.75, 3.05) is 24.2 Å². The van der Waals surface area contributed by atoms with E-state index < -0.39 is 0 Å². The number of anilines is 2. The lowest BCUT2D eigenvalue weighted by Gasteiger charge is -2.05. The number of hydrogen-bond acceptors (Lipinski definition) is 4. The molecule has 66 valence electrons. The van der Waals surface area contributed by atoms with Crippen LogP contribution in [0.5, 0.6) is 0 Å². The molecule has 0 aliphatic rings. The minimum Gasteiger partial charge on any atom is -0.395 e. The molecule has 0 bridgehead atoms. The Bertz CT molecular complexity index is 267. The summed E-state index contributed by atoms with van der Waals surface area (Å²) in [6.07, 6.45) is 0. The maximum atomic E-state index is 8.52. The second kappa shape index (κ2) is 4.13. The number of aliphatic hydroxyl groups excluding tert-OH is 1. The minimum atomic E-state index is 0.0563. The van der Waals surface area contributed by atoms with Crippen LogP contribution in [0.4, 0.5) is 11.5 Å². The zero-order valence-corrected chi connectivity index (χ0v) is 7.17. The molecule has 0 unspecified atom stereocenters. The largest absolute Gasteiger partial charge is 0.395 e. The van der Waals surface area contributed by atoms with E-state index in [2.05, 4.69) is 10.3 Å². The minimum absolute atomic E-state index is 0.0563. The van der Waals surface area contributed by atoms with Crippen LogP contribution < -0.4 is 11.1 Å². The van der Waals surface area contributed by atoms with Crippen LogP contribution in [0, 0.1) is 0 Å². The molecule has 4 N–H and O–H groups in total. The van der Waals surface area contributed by atoms with Crippen molar-refractivity contribution in [3.05, 3.63) is 17.3 Å². The van der Waals surface area contributed by atoms with Crippen molar-refractivity contribution in [1.29, 1.82) is 0 Å². The van der Waals surface area contributed by atoms with E-state index in [9.17, 15) is 0 Å². The molecule has 0 aliphatic carbocycles. The molecular weight excluding hydrogens is 178 g/mol. The molecule has 0 fully saturated rings. The lowest BCUT2D eigenvalue weighted by atomic mass is 10.4. The summed E-state index contributed by atoms with van der Waals surface area (Å²) in [5.41, 5.74) is 6.06. The van der Waals surface area contributed by atoms with Gasteiger partial charge >= 0.3 is 0 Å². The summed E-state index contributed by atoms with van der Waals surface area (Å²) in [5.74, 6) is 0.384. The van der Waals surface area contributed by atoms with Crippen molar-refractivity contribution < 1.29 is 5.11 Å². The van der Waals surface area contributed by atoms with Gasteiger partial charge in [0.2, 0.25) is 0 Å². The van der Waals surface area contributed by atoms with E-state index in [1.807, 2.05) is 0 Å². The van der Waals surface area contributed by atoms with Crippen molar-refractivity contribution in [2.24, 2.45) is 0 Å². The molecule has 12 heavy (non-hydrogen) atoms.